The number of carbonyl (C=O) groups excluding carboxylic acids is 2. The number of rotatable bonds is 8. The zero-order valence-corrected chi connectivity index (χ0v) is 17.6. The van der Waals surface area contributed by atoms with Crippen molar-refractivity contribution in [2.24, 2.45) is 5.10 Å². The van der Waals surface area contributed by atoms with Gasteiger partial charge < -0.3 is 14.8 Å². The SMILES string of the molecule is CCCNC(=O)C(=O)N/N=C\c1ccc(OCc2cccc3ccccc23)c(OC)c1. The van der Waals surface area contributed by atoms with Gasteiger partial charge in [0.05, 0.1) is 13.3 Å². The normalized spacial score (nSPS) is 10.8. The van der Waals surface area contributed by atoms with Gasteiger partial charge in [0, 0.05) is 6.54 Å². The number of nitrogens with zero attached hydrogens (tertiary/aromatic N) is 1. The van der Waals surface area contributed by atoms with Crippen LogP contribution in [0.5, 0.6) is 11.5 Å². The molecule has 3 aromatic carbocycles. The maximum atomic E-state index is 11.6. The lowest BCUT2D eigenvalue weighted by atomic mass is 10.1. The summed E-state index contributed by atoms with van der Waals surface area (Å²) in [7, 11) is 1.56. The maximum Gasteiger partial charge on any atom is 0.329 e. The Labute approximate surface area is 181 Å². The number of fused-ring (bicyclic) bond motifs is 1. The first-order valence-electron chi connectivity index (χ1n) is 10.0. The molecule has 0 fully saturated rings. The Morgan fingerprint density at radius 2 is 1.81 bits per heavy atom. The van der Waals surface area contributed by atoms with Gasteiger partial charge in [-0.25, -0.2) is 5.43 Å². The highest BCUT2D eigenvalue weighted by Crippen LogP contribution is 2.29. The fourth-order valence-corrected chi connectivity index (χ4v) is 2.99. The van der Waals surface area contributed by atoms with Crippen molar-refractivity contribution in [3.8, 4) is 11.5 Å². The summed E-state index contributed by atoms with van der Waals surface area (Å²) in [6.07, 6.45) is 2.18. The van der Waals surface area contributed by atoms with E-state index in [1.807, 2.05) is 31.2 Å². The molecule has 3 aromatic rings. The van der Waals surface area contributed by atoms with Crippen LogP contribution in [0.3, 0.4) is 0 Å². The molecule has 160 valence electrons. The number of ether oxygens (including phenoxy) is 2. The smallest absolute Gasteiger partial charge is 0.329 e. The number of methoxy groups -OCH3 is 1. The molecule has 7 heteroatoms. The highest BCUT2D eigenvalue weighted by Gasteiger charge is 2.11. The van der Waals surface area contributed by atoms with Gasteiger partial charge in [-0.3, -0.25) is 9.59 Å². The van der Waals surface area contributed by atoms with Crippen LogP contribution in [0.2, 0.25) is 0 Å². The number of hydrogen-bond acceptors (Lipinski definition) is 5. The third-order valence-electron chi connectivity index (χ3n) is 4.57. The summed E-state index contributed by atoms with van der Waals surface area (Å²) in [5.41, 5.74) is 3.96. The summed E-state index contributed by atoms with van der Waals surface area (Å²) < 4.78 is 11.4. The number of benzene rings is 3. The van der Waals surface area contributed by atoms with Crippen LogP contribution in [-0.4, -0.2) is 31.7 Å². The van der Waals surface area contributed by atoms with Crippen LogP contribution in [0, 0.1) is 0 Å². The molecular weight excluding hydrogens is 394 g/mol. The summed E-state index contributed by atoms with van der Waals surface area (Å²) in [6, 6.07) is 19.6. The Hall–Kier alpha value is -3.87. The zero-order valence-electron chi connectivity index (χ0n) is 17.6. The Kier molecular flexibility index (Phi) is 7.59. The van der Waals surface area contributed by atoms with E-state index in [-0.39, 0.29) is 0 Å². The van der Waals surface area contributed by atoms with E-state index in [9.17, 15) is 9.59 Å². The molecule has 0 bridgehead atoms. The molecule has 3 rings (SSSR count). The van der Waals surface area contributed by atoms with Gasteiger partial charge in [0.25, 0.3) is 0 Å². The van der Waals surface area contributed by atoms with Crippen molar-refractivity contribution in [2.75, 3.05) is 13.7 Å². The predicted molar refractivity (Wildman–Crippen MR) is 120 cm³/mol. The standard InChI is InChI=1S/C24H25N3O4/c1-3-13-25-23(28)24(29)27-26-15-17-11-12-21(22(14-17)30-2)31-16-19-9-6-8-18-7-4-5-10-20(18)19/h4-12,14-15H,3,13,16H2,1-2H3,(H,25,28)(H,27,29)/b26-15-. The number of carbonyl (C=O) groups is 2. The van der Waals surface area contributed by atoms with Crippen molar-refractivity contribution in [1.29, 1.82) is 0 Å². The van der Waals surface area contributed by atoms with Gasteiger partial charge >= 0.3 is 11.8 Å². The van der Waals surface area contributed by atoms with Gasteiger partial charge in [0.1, 0.15) is 6.61 Å². The van der Waals surface area contributed by atoms with Gasteiger partial charge in [0.2, 0.25) is 0 Å². The fourth-order valence-electron chi connectivity index (χ4n) is 2.99. The molecule has 0 saturated carbocycles. The third kappa shape index (κ3) is 5.82. The molecule has 0 aliphatic rings. The second kappa shape index (κ2) is 10.8. The second-order valence-electron chi connectivity index (χ2n) is 6.79. The van der Waals surface area contributed by atoms with Crippen LogP contribution in [0.4, 0.5) is 0 Å². The van der Waals surface area contributed by atoms with Crippen molar-refractivity contribution in [2.45, 2.75) is 20.0 Å². The minimum atomic E-state index is -0.813. The van der Waals surface area contributed by atoms with Crippen molar-refractivity contribution in [3.05, 3.63) is 71.8 Å². The number of hydrogen-bond donors (Lipinski definition) is 2. The fraction of sp³-hybridized carbons (Fsp3) is 0.208. The summed E-state index contributed by atoms with van der Waals surface area (Å²) in [5, 5.41) is 8.61. The Balaban J connectivity index is 1.64. The minimum absolute atomic E-state index is 0.397. The third-order valence-corrected chi connectivity index (χ3v) is 4.57. The quantitative estimate of drug-likeness (QED) is 0.333. The Morgan fingerprint density at radius 1 is 1.00 bits per heavy atom. The molecule has 2 N–H and O–H groups in total. The lowest BCUT2D eigenvalue weighted by molar-refractivity contribution is -0.139. The number of hydrazone groups is 1. The summed E-state index contributed by atoms with van der Waals surface area (Å²) in [6.45, 7) is 2.74. The average molecular weight is 419 g/mol. The second-order valence-corrected chi connectivity index (χ2v) is 6.79. The molecule has 0 radical (unpaired) electrons. The van der Waals surface area contributed by atoms with Gasteiger partial charge in [-0.1, -0.05) is 49.4 Å². The molecule has 7 nitrogen and oxygen atoms in total. The molecule has 31 heavy (non-hydrogen) atoms. The van der Waals surface area contributed by atoms with Crippen LogP contribution in [-0.2, 0) is 16.2 Å². The monoisotopic (exact) mass is 419 g/mol. The van der Waals surface area contributed by atoms with Crippen LogP contribution in [0.15, 0.2) is 65.8 Å². The Bertz CT molecular complexity index is 1090. The van der Waals surface area contributed by atoms with E-state index in [4.69, 9.17) is 9.47 Å². The van der Waals surface area contributed by atoms with Gasteiger partial charge in [-0.05, 0) is 46.5 Å². The van der Waals surface area contributed by atoms with Crippen LogP contribution >= 0.6 is 0 Å². The lowest BCUT2D eigenvalue weighted by Crippen LogP contribution is -2.38. The molecule has 0 aliphatic heterocycles. The summed E-state index contributed by atoms with van der Waals surface area (Å²) in [5.74, 6) is -0.396. The van der Waals surface area contributed by atoms with Crippen molar-refractivity contribution >= 4 is 28.8 Å². The minimum Gasteiger partial charge on any atom is -0.493 e. The number of amides is 2. The van der Waals surface area contributed by atoms with Gasteiger partial charge in [-0.15, -0.1) is 0 Å². The maximum absolute atomic E-state index is 11.6. The zero-order chi connectivity index (χ0) is 22.1. The number of nitrogens with one attached hydrogen (secondary N) is 2. The van der Waals surface area contributed by atoms with E-state index in [1.165, 1.54) is 6.21 Å². The Morgan fingerprint density at radius 3 is 2.61 bits per heavy atom. The topological polar surface area (TPSA) is 89.0 Å². The van der Waals surface area contributed by atoms with E-state index >= 15 is 0 Å². The highest BCUT2D eigenvalue weighted by molar-refractivity contribution is 6.35. The van der Waals surface area contributed by atoms with Gasteiger partial charge in [0.15, 0.2) is 11.5 Å². The van der Waals surface area contributed by atoms with E-state index in [0.717, 1.165) is 22.8 Å². The van der Waals surface area contributed by atoms with Crippen molar-refractivity contribution in [1.82, 2.24) is 10.7 Å². The predicted octanol–water partition coefficient (Wildman–Crippen LogP) is 3.40. The van der Waals surface area contributed by atoms with Gasteiger partial charge in [-0.2, -0.15) is 5.10 Å². The van der Waals surface area contributed by atoms with E-state index in [2.05, 4.69) is 34.0 Å². The molecule has 0 atom stereocenters. The van der Waals surface area contributed by atoms with Crippen LogP contribution in [0.1, 0.15) is 24.5 Å². The van der Waals surface area contributed by atoms with E-state index in [0.29, 0.717) is 30.2 Å². The molecule has 0 saturated heterocycles. The first-order valence-corrected chi connectivity index (χ1v) is 10.0. The highest BCUT2D eigenvalue weighted by atomic mass is 16.5. The molecule has 0 heterocycles. The van der Waals surface area contributed by atoms with E-state index < -0.39 is 11.8 Å². The summed E-state index contributed by atoms with van der Waals surface area (Å²) >= 11 is 0. The molecule has 0 spiro atoms. The first kappa shape index (κ1) is 21.8. The molecule has 2 amide bonds. The van der Waals surface area contributed by atoms with Crippen molar-refractivity contribution in [3.63, 3.8) is 0 Å². The first-order chi connectivity index (χ1) is 15.1. The largest absolute Gasteiger partial charge is 0.493 e. The van der Waals surface area contributed by atoms with E-state index in [1.54, 1.807) is 25.3 Å². The summed E-state index contributed by atoms with van der Waals surface area (Å²) in [4.78, 5) is 23.2. The molecular formula is C24H25N3O4. The molecule has 0 aliphatic carbocycles. The molecule has 0 aromatic heterocycles. The van der Waals surface area contributed by atoms with Crippen molar-refractivity contribution < 1.29 is 19.1 Å². The molecule has 0 unspecified atom stereocenters. The average Bonchev–Trinajstić information content (AvgIpc) is 2.81. The van der Waals surface area contributed by atoms with Crippen LogP contribution < -0.4 is 20.2 Å². The lowest BCUT2D eigenvalue weighted by Gasteiger charge is -2.12. The van der Waals surface area contributed by atoms with Crippen LogP contribution in [0.25, 0.3) is 10.8 Å².